The van der Waals surface area contributed by atoms with Gasteiger partial charge in [-0.15, -0.1) is 11.3 Å². The summed E-state index contributed by atoms with van der Waals surface area (Å²) in [5.74, 6) is 0.956. The second-order valence-electron chi connectivity index (χ2n) is 6.19. The Morgan fingerprint density at radius 3 is 2.96 bits per heavy atom. The molecule has 1 N–H and O–H groups in total. The minimum Gasteiger partial charge on any atom is -0.370 e. The Morgan fingerprint density at radius 1 is 1.40 bits per heavy atom. The minimum absolute atomic E-state index is 0.0870. The van der Waals surface area contributed by atoms with Crippen molar-refractivity contribution < 1.29 is 4.74 Å². The number of guanidine groups is 1. The standard InChI is InChI=1S/C19H26N4OS/c1-4-20-19(21-11-18-15(3)22-13-25-18)23-9-10-24-17(12-23)16-8-6-5-7-14(16)2/h5-8,13,17H,4,9-12H2,1-3H3,(H,20,21). The van der Waals surface area contributed by atoms with Gasteiger partial charge in [0.25, 0.3) is 0 Å². The lowest BCUT2D eigenvalue weighted by atomic mass is 10.0. The smallest absolute Gasteiger partial charge is 0.194 e. The molecule has 0 amide bonds. The second kappa shape index (κ2) is 8.45. The average Bonchev–Trinajstić information content (AvgIpc) is 3.04. The number of aryl methyl sites for hydroxylation is 2. The summed E-state index contributed by atoms with van der Waals surface area (Å²) in [5.41, 5.74) is 5.50. The lowest BCUT2D eigenvalue weighted by molar-refractivity contribution is -0.00833. The molecule has 25 heavy (non-hydrogen) atoms. The van der Waals surface area contributed by atoms with E-state index < -0.39 is 0 Å². The van der Waals surface area contributed by atoms with Crippen LogP contribution in [0.3, 0.4) is 0 Å². The van der Waals surface area contributed by atoms with Crippen molar-refractivity contribution in [1.29, 1.82) is 0 Å². The highest BCUT2D eigenvalue weighted by Gasteiger charge is 2.25. The van der Waals surface area contributed by atoms with Crippen molar-refractivity contribution in [3.8, 4) is 0 Å². The van der Waals surface area contributed by atoms with Gasteiger partial charge in [-0.1, -0.05) is 24.3 Å². The first kappa shape index (κ1) is 17.9. The Morgan fingerprint density at radius 2 is 2.24 bits per heavy atom. The molecule has 1 unspecified atom stereocenters. The topological polar surface area (TPSA) is 49.8 Å². The van der Waals surface area contributed by atoms with E-state index in [1.807, 2.05) is 12.4 Å². The van der Waals surface area contributed by atoms with E-state index in [4.69, 9.17) is 9.73 Å². The fourth-order valence-electron chi connectivity index (χ4n) is 3.03. The minimum atomic E-state index is 0.0870. The monoisotopic (exact) mass is 358 g/mol. The van der Waals surface area contributed by atoms with E-state index in [-0.39, 0.29) is 6.10 Å². The zero-order valence-electron chi connectivity index (χ0n) is 15.2. The van der Waals surface area contributed by atoms with Crippen molar-refractivity contribution in [2.24, 2.45) is 4.99 Å². The van der Waals surface area contributed by atoms with Crippen LogP contribution in [0.1, 0.15) is 34.7 Å². The number of morpholine rings is 1. The SMILES string of the molecule is CCNC(=NCc1scnc1C)N1CCOC(c2ccccc2C)C1. The zero-order valence-corrected chi connectivity index (χ0v) is 16.0. The van der Waals surface area contributed by atoms with Crippen LogP contribution in [0.2, 0.25) is 0 Å². The van der Waals surface area contributed by atoms with Crippen LogP contribution in [0.15, 0.2) is 34.8 Å². The molecule has 134 valence electrons. The molecule has 1 aromatic carbocycles. The van der Waals surface area contributed by atoms with E-state index in [9.17, 15) is 0 Å². The van der Waals surface area contributed by atoms with Crippen LogP contribution in [0.5, 0.6) is 0 Å². The van der Waals surface area contributed by atoms with Gasteiger partial charge in [-0.05, 0) is 31.9 Å². The zero-order chi connectivity index (χ0) is 17.6. The summed E-state index contributed by atoms with van der Waals surface area (Å²) in [7, 11) is 0. The first-order valence-corrected chi connectivity index (χ1v) is 9.66. The highest BCUT2D eigenvalue weighted by Crippen LogP contribution is 2.25. The quantitative estimate of drug-likeness (QED) is 0.673. The van der Waals surface area contributed by atoms with Crippen molar-refractivity contribution in [3.63, 3.8) is 0 Å². The van der Waals surface area contributed by atoms with Crippen LogP contribution < -0.4 is 5.32 Å². The number of thiazole rings is 1. The third-order valence-corrected chi connectivity index (χ3v) is 5.37. The van der Waals surface area contributed by atoms with E-state index in [2.05, 4.69) is 53.3 Å². The molecule has 0 saturated carbocycles. The third kappa shape index (κ3) is 4.38. The maximum atomic E-state index is 6.04. The summed E-state index contributed by atoms with van der Waals surface area (Å²) >= 11 is 1.67. The fourth-order valence-corrected chi connectivity index (χ4v) is 3.73. The molecule has 6 heteroatoms. The van der Waals surface area contributed by atoms with Crippen LogP contribution in [0.25, 0.3) is 0 Å². The van der Waals surface area contributed by atoms with Crippen molar-refractivity contribution >= 4 is 17.3 Å². The first-order chi connectivity index (χ1) is 12.2. The average molecular weight is 359 g/mol. The van der Waals surface area contributed by atoms with Crippen LogP contribution in [0.4, 0.5) is 0 Å². The normalized spacial score (nSPS) is 18.4. The maximum Gasteiger partial charge on any atom is 0.194 e. The highest BCUT2D eigenvalue weighted by molar-refractivity contribution is 7.09. The van der Waals surface area contributed by atoms with E-state index in [1.54, 1.807) is 11.3 Å². The van der Waals surface area contributed by atoms with E-state index >= 15 is 0 Å². The number of hydrogen-bond acceptors (Lipinski definition) is 4. The van der Waals surface area contributed by atoms with Gasteiger partial charge >= 0.3 is 0 Å². The molecule has 1 fully saturated rings. The van der Waals surface area contributed by atoms with E-state index in [0.717, 1.165) is 31.3 Å². The molecule has 0 spiro atoms. The van der Waals surface area contributed by atoms with Gasteiger partial charge in [0.2, 0.25) is 0 Å². The van der Waals surface area contributed by atoms with Gasteiger partial charge < -0.3 is 15.0 Å². The lowest BCUT2D eigenvalue weighted by Gasteiger charge is -2.35. The summed E-state index contributed by atoms with van der Waals surface area (Å²) in [6.07, 6.45) is 0.0870. The molecule has 1 saturated heterocycles. The predicted octanol–water partition coefficient (Wildman–Crippen LogP) is 3.30. The van der Waals surface area contributed by atoms with Crippen molar-refractivity contribution in [3.05, 3.63) is 51.5 Å². The van der Waals surface area contributed by atoms with Gasteiger partial charge in [0.05, 0.1) is 30.9 Å². The Kier molecular flexibility index (Phi) is 6.04. The maximum absolute atomic E-state index is 6.04. The number of benzene rings is 1. The number of hydrogen-bond donors (Lipinski definition) is 1. The lowest BCUT2D eigenvalue weighted by Crippen LogP contribution is -2.48. The Hall–Kier alpha value is -1.92. The van der Waals surface area contributed by atoms with E-state index in [0.29, 0.717) is 13.2 Å². The number of ether oxygens (including phenoxy) is 1. The number of aliphatic imine (C=N–C) groups is 1. The van der Waals surface area contributed by atoms with Crippen LogP contribution in [0, 0.1) is 13.8 Å². The number of aromatic nitrogens is 1. The third-order valence-electron chi connectivity index (χ3n) is 4.45. The Labute approximate surface area is 153 Å². The van der Waals surface area contributed by atoms with Gasteiger partial charge in [0, 0.05) is 18.0 Å². The molecule has 3 rings (SSSR count). The summed E-state index contributed by atoms with van der Waals surface area (Å²) in [4.78, 5) is 12.7. The van der Waals surface area contributed by atoms with Gasteiger partial charge in [0.1, 0.15) is 6.10 Å². The van der Waals surface area contributed by atoms with Crippen LogP contribution >= 0.6 is 11.3 Å². The number of nitrogens with zero attached hydrogens (tertiary/aromatic N) is 3. The van der Waals surface area contributed by atoms with Crippen LogP contribution in [-0.2, 0) is 11.3 Å². The highest BCUT2D eigenvalue weighted by atomic mass is 32.1. The number of nitrogens with one attached hydrogen (secondary N) is 1. The summed E-state index contributed by atoms with van der Waals surface area (Å²) in [6.45, 7) is 10.2. The molecule has 1 aliphatic rings. The molecule has 2 aromatic rings. The largest absolute Gasteiger partial charge is 0.370 e. The molecule has 2 heterocycles. The van der Waals surface area contributed by atoms with E-state index in [1.165, 1.54) is 16.0 Å². The Bertz CT molecular complexity index is 728. The second-order valence-corrected chi connectivity index (χ2v) is 7.13. The molecule has 0 bridgehead atoms. The van der Waals surface area contributed by atoms with Crippen molar-refractivity contribution in [2.45, 2.75) is 33.4 Å². The Balaban J connectivity index is 1.74. The molecular weight excluding hydrogens is 332 g/mol. The first-order valence-electron chi connectivity index (χ1n) is 8.78. The number of rotatable bonds is 4. The van der Waals surface area contributed by atoms with Gasteiger partial charge in [-0.2, -0.15) is 0 Å². The molecule has 1 atom stereocenters. The molecular formula is C19H26N4OS. The van der Waals surface area contributed by atoms with Crippen LogP contribution in [-0.4, -0.2) is 42.1 Å². The van der Waals surface area contributed by atoms with Crippen molar-refractivity contribution in [2.75, 3.05) is 26.2 Å². The molecule has 1 aromatic heterocycles. The van der Waals surface area contributed by atoms with Gasteiger partial charge in [-0.3, -0.25) is 0 Å². The molecule has 5 nitrogen and oxygen atoms in total. The summed E-state index contributed by atoms with van der Waals surface area (Å²) in [5, 5.41) is 3.43. The predicted molar refractivity (Wildman–Crippen MR) is 103 cm³/mol. The van der Waals surface area contributed by atoms with Crippen molar-refractivity contribution in [1.82, 2.24) is 15.2 Å². The molecule has 1 aliphatic heterocycles. The molecule has 0 radical (unpaired) electrons. The van der Waals surface area contributed by atoms with Gasteiger partial charge in [0.15, 0.2) is 5.96 Å². The molecule has 0 aliphatic carbocycles. The van der Waals surface area contributed by atoms with Gasteiger partial charge in [-0.25, -0.2) is 9.98 Å². The fraction of sp³-hybridized carbons (Fsp3) is 0.474. The summed E-state index contributed by atoms with van der Waals surface area (Å²) in [6, 6.07) is 8.45. The summed E-state index contributed by atoms with van der Waals surface area (Å²) < 4.78 is 6.04.